The van der Waals surface area contributed by atoms with E-state index in [1.165, 1.54) is 11.1 Å². The van der Waals surface area contributed by atoms with E-state index in [1.807, 2.05) is 12.1 Å². The number of primary amides is 1. The van der Waals surface area contributed by atoms with Crippen LogP contribution in [0.5, 0.6) is 0 Å². The fourth-order valence-corrected chi connectivity index (χ4v) is 2.63. The van der Waals surface area contributed by atoms with Crippen molar-refractivity contribution in [3.63, 3.8) is 0 Å². The van der Waals surface area contributed by atoms with E-state index in [0.29, 0.717) is 11.5 Å². The van der Waals surface area contributed by atoms with E-state index in [2.05, 4.69) is 28.7 Å². The van der Waals surface area contributed by atoms with E-state index in [9.17, 15) is 4.79 Å². The maximum Gasteiger partial charge on any atom is 0.255 e. The number of nitrogens with one attached hydrogen (secondary N) is 1. The van der Waals surface area contributed by atoms with Gasteiger partial charge in [0.1, 0.15) is 10.6 Å². The number of nitrogens with zero attached hydrogens (tertiary/aromatic N) is 1. The zero-order chi connectivity index (χ0) is 13.8. The van der Waals surface area contributed by atoms with Gasteiger partial charge in [0.05, 0.1) is 0 Å². The van der Waals surface area contributed by atoms with E-state index < -0.39 is 5.91 Å². The summed E-state index contributed by atoms with van der Waals surface area (Å²) in [5.74, 6) is -0.374. The molecule has 5 N–H and O–H groups in total. The first-order chi connectivity index (χ1) is 9.13. The first kappa shape index (κ1) is 13.4. The Balaban J connectivity index is 2.17. The number of aromatic nitrogens is 1. The van der Waals surface area contributed by atoms with Gasteiger partial charge >= 0.3 is 0 Å². The van der Waals surface area contributed by atoms with Crippen LogP contribution in [-0.2, 0) is 13.0 Å². The fourth-order valence-electron chi connectivity index (χ4n) is 1.91. The lowest BCUT2D eigenvalue weighted by molar-refractivity contribution is 0.100. The minimum absolute atomic E-state index is 0.184. The van der Waals surface area contributed by atoms with E-state index in [1.54, 1.807) is 0 Å². The maximum atomic E-state index is 11.3. The Labute approximate surface area is 115 Å². The highest BCUT2D eigenvalue weighted by Gasteiger charge is 2.16. The summed E-state index contributed by atoms with van der Waals surface area (Å²) in [6, 6.07) is 8.15. The smallest absolute Gasteiger partial charge is 0.255 e. The Kier molecular flexibility index (Phi) is 4.01. The zero-order valence-corrected chi connectivity index (χ0v) is 11.5. The third kappa shape index (κ3) is 2.85. The molecule has 0 unspecified atom stereocenters. The summed E-state index contributed by atoms with van der Waals surface area (Å²) < 4.78 is 3.95. The fraction of sp³-hybridized carbons (Fsp3) is 0.231. The number of nitrogen functional groups attached to an aromatic ring is 1. The minimum Gasteiger partial charge on any atom is -0.382 e. The SMILES string of the molecule is CCc1ccccc1CNc1snc(N)c1C(N)=O. The third-order valence-corrected chi connectivity index (χ3v) is 3.72. The maximum absolute atomic E-state index is 11.3. The molecule has 6 heteroatoms. The molecule has 1 aromatic heterocycles. The Hall–Kier alpha value is -2.08. The molecule has 0 aliphatic heterocycles. The second kappa shape index (κ2) is 5.71. The van der Waals surface area contributed by atoms with Crippen molar-refractivity contribution in [1.29, 1.82) is 0 Å². The third-order valence-electron chi connectivity index (χ3n) is 2.90. The van der Waals surface area contributed by atoms with Gasteiger partial charge in [-0.25, -0.2) is 0 Å². The molecule has 100 valence electrons. The van der Waals surface area contributed by atoms with E-state index >= 15 is 0 Å². The van der Waals surface area contributed by atoms with Crippen molar-refractivity contribution in [2.45, 2.75) is 19.9 Å². The highest BCUT2D eigenvalue weighted by atomic mass is 32.1. The largest absolute Gasteiger partial charge is 0.382 e. The van der Waals surface area contributed by atoms with Crippen molar-refractivity contribution in [2.24, 2.45) is 5.73 Å². The normalized spacial score (nSPS) is 10.4. The highest BCUT2D eigenvalue weighted by Crippen LogP contribution is 2.26. The zero-order valence-electron chi connectivity index (χ0n) is 10.6. The number of hydrogen-bond donors (Lipinski definition) is 3. The van der Waals surface area contributed by atoms with Crippen LogP contribution in [0.4, 0.5) is 10.8 Å². The van der Waals surface area contributed by atoms with Crippen molar-refractivity contribution in [3.8, 4) is 0 Å². The molecule has 0 saturated carbocycles. The monoisotopic (exact) mass is 276 g/mol. The molecule has 1 heterocycles. The number of amides is 1. The Morgan fingerprint density at radius 3 is 2.68 bits per heavy atom. The molecule has 0 aliphatic rings. The minimum atomic E-state index is -0.558. The lowest BCUT2D eigenvalue weighted by Gasteiger charge is -2.09. The van der Waals surface area contributed by atoms with E-state index in [0.717, 1.165) is 18.0 Å². The molecular weight excluding hydrogens is 260 g/mol. The van der Waals surface area contributed by atoms with Crippen molar-refractivity contribution < 1.29 is 4.79 Å². The first-order valence-corrected chi connectivity index (χ1v) is 6.76. The van der Waals surface area contributed by atoms with Crippen LogP contribution in [0, 0.1) is 0 Å². The van der Waals surface area contributed by atoms with Crippen LogP contribution in [0.3, 0.4) is 0 Å². The quantitative estimate of drug-likeness (QED) is 0.778. The Morgan fingerprint density at radius 1 is 1.37 bits per heavy atom. The van der Waals surface area contributed by atoms with Crippen LogP contribution in [0.25, 0.3) is 0 Å². The summed E-state index contributed by atoms with van der Waals surface area (Å²) in [5.41, 5.74) is 13.7. The molecule has 5 nitrogen and oxygen atoms in total. The van der Waals surface area contributed by atoms with Crippen LogP contribution in [0.15, 0.2) is 24.3 Å². The molecule has 0 fully saturated rings. The van der Waals surface area contributed by atoms with Gasteiger partial charge in [-0.1, -0.05) is 31.2 Å². The van der Waals surface area contributed by atoms with Crippen LogP contribution >= 0.6 is 11.5 Å². The van der Waals surface area contributed by atoms with Crippen LogP contribution in [0.2, 0.25) is 0 Å². The Morgan fingerprint density at radius 2 is 2.05 bits per heavy atom. The number of benzene rings is 1. The van der Waals surface area contributed by atoms with E-state index in [-0.39, 0.29) is 11.4 Å². The number of aryl methyl sites for hydroxylation is 1. The summed E-state index contributed by atoms with van der Waals surface area (Å²) in [5, 5.41) is 3.80. The summed E-state index contributed by atoms with van der Waals surface area (Å²) >= 11 is 1.15. The second-order valence-corrected chi connectivity index (χ2v) is 4.89. The number of rotatable bonds is 5. The molecule has 0 saturated heterocycles. The summed E-state index contributed by atoms with van der Waals surface area (Å²) in [6.07, 6.45) is 0.964. The molecule has 1 aromatic carbocycles. The van der Waals surface area contributed by atoms with Gasteiger partial charge in [0.25, 0.3) is 5.91 Å². The van der Waals surface area contributed by atoms with Gasteiger partial charge in [-0.3, -0.25) is 4.79 Å². The van der Waals surface area contributed by atoms with Crippen molar-refractivity contribution in [1.82, 2.24) is 4.37 Å². The second-order valence-electron chi connectivity index (χ2n) is 4.11. The number of nitrogens with two attached hydrogens (primary N) is 2. The molecule has 2 rings (SSSR count). The van der Waals surface area contributed by atoms with Crippen molar-refractivity contribution in [2.75, 3.05) is 11.1 Å². The lowest BCUT2D eigenvalue weighted by atomic mass is 10.1. The van der Waals surface area contributed by atoms with Crippen LogP contribution < -0.4 is 16.8 Å². The molecule has 0 aliphatic carbocycles. The summed E-state index contributed by atoms with van der Waals surface area (Å²) in [6.45, 7) is 2.73. The molecule has 0 bridgehead atoms. The average molecular weight is 276 g/mol. The van der Waals surface area contributed by atoms with Crippen LogP contribution in [0.1, 0.15) is 28.4 Å². The van der Waals surface area contributed by atoms with Gasteiger partial charge in [-0.05, 0) is 29.1 Å². The molecule has 0 radical (unpaired) electrons. The number of carbonyl (C=O) groups excluding carboxylic acids is 1. The topological polar surface area (TPSA) is 94.0 Å². The standard InChI is InChI=1S/C13H16N4OS/c1-2-8-5-3-4-6-9(8)7-16-13-10(12(15)18)11(14)17-19-13/h3-6,16H,2,7H2,1H3,(H2,14,17)(H2,15,18). The molecule has 0 spiro atoms. The Bertz CT molecular complexity index is 594. The van der Waals surface area contributed by atoms with Gasteiger partial charge in [0, 0.05) is 6.54 Å². The summed E-state index contributed by atoms with van der Waals surface area (Å²) in [7, 11) is 0. The number of carbonyl (C=O) groups is 1. The number of anilines is 2. The highest BCUT2D eigenvalue weighted by molar-refractivity contribution is 7.11. The number of hydrogen-bond acceptors (Lipinski definition) is 5. The van der Waals surface area contributed by atoms with E-state index in [4.69, 9.17) is 11.5 Å². The van der Waals surface area contributed by atoms with Gasteiger partial charge < -0.3 is 16.8 Å². The van der Waals surface area contributed by atoms with Crippen molar-refractivity contribution >= 4 is 28.3 Å². The van der Waals surface area contributed by atoms with Gasteiger partial charge in [0.15, 0.2) is 5.82 Å². The average Bonchev–Trinajstić information content (AvgIpc) is 2.78. The van der Waals surface area contributed by atoms with Crippen molar-refractivity contribution in [3.05, 3.63) is 41.0 Å². The first-order valence-electron chi connectivity index (χ1n) is 5.99. The predicted octanol–water partition coefficient (Wildman–Crippen LogP) is 2.00. The summed E-state index contributed by atoms with van der Waals surface area (Å²) in [4.78, 5) is 11.3. The van der Waals surface area contributed by atoms with Gasteiger partial charge in [0.2, 0.25) is 0 Å². The van der Waals surface area contributed by atoms with Gasteiger partial charge in [-0.2, -0.15) is 4.37 Å². The van der Waals surface area contributed by atoms with Crippen LogP contribution in [-0.4, -0.2) is 10.3 Å². The predicted molar refractivity (Wildman–Crippen MR) is 78.2 cm³/mol. The molecule has 19 heavy (non-hydrogen) atoms. The molecule has 1 amide bonds. The van der Waals surface area contributed by atoms with Gasteiger partial charge in [-0.15, -0.1) is 0 Å². The molecule has 0 atom stereocenters. The molecule has 2 aromatic rings. The lowest BCUT2D eigenvalue weighted by Crippen LogP contribution is -2.14. The molecular formula is C13H16N4OS.